The number of hydrogen-bond donors (Lipinski definition) is 0. The predicted molar refractivity (Wildman–Crippen MR) is 111 cm³/mol. The molecule has 27 heavy (non-hydrogen) atoms. The van der Waals surface area contributed by atoms with Gasteiger partial charge in [-0.15, -0.1) is 11.3 Å². The van der Waals surface area contributed by atoms with Gasteiger partial charge in [0.2, 0.25) is 5.91 Å². The van der Waals surface area contributed by atoms with Crippen LogP contribution in [0.4, 0.5) is 0 Å². The van der Waals surface area contributed by atoms with Gasteiger partial charge in [-0.1, -0.05) is 19.1 Å². The Kier molecular flexibility index (Phi) is 5.76. The highest BCUT2D eigenvalue weighted by Gasteiger charge is 2.31. The Balaban J connectivity index is 1.32. The van der Waals surface area contributed by atoms with Crippen molar-refractivity contribution >= 4 is 27.5 Å². The molecule has 0 unspecified atom stereocenters. The molecule has 5 nitrogen and oxygen atoms in total. The van der Waals surface area contributed by atoms with Crippen molar-refractivity contribution in [2.75, 3.05) is 45.8 Å². The Labute approximate surface area is 166 Å². The first kappa shape index (κ1) is 18.8. The third-order valence-corrected chi connectivity index (χ3v) is 7.42. The number of carbonyl (C=O) groups is 1. The zero-order valence-corrected chi connectivity index (χ0v) is 17.2. The first-order valence-electron chi connectivity index (χ1n) is 10.3. The second-order valence-electron chi connectivity index (χ2n) is 7.77. The van der Waals surface area contributed by atoms with Gasteiger partial charge in [-0.25, -0.2) is 4.98 Å². The van der Waals surface area contributed by atoms with Crippen molar-refractivity contribution in [1.29, 1.82) is 0 Å². The van der Waals surface area contributed by atoms with E-state index >= 15 is 0 Å². The number of aromatic nitrogens is 1. The van der Waals surface area contributed by atoms with Crippen LogP contribution in [0.25, 0.3) is 10.2 Å². The van der Waals surface area contributed by atoms with E-state index in [1.54, 1.807) is 0 Å². The minimum atomic E-state index is -0.00510. The molecular formula is C21H30N4OS. The van der Waals surface area contributed by atoms with E-state index in [4.69, 9.17) is 4.98 Å². The van der Waals surface area contributed by atoms with Gasteiger partial charge in [-0.3, -0.25) is 9.69 Å². The van der Waals surface area contributed by atoms with E-state index in [-0.39, 0.29) is 6.04 Å². The summed E-state index contributed by atoms with van der Waals surface area (Å²) in [5.74, 6) is 0.846. The molecule has 6 heteroatoms. The van der Waals surface area contributed by atoms with Crippen molar-refractivity contribution in [2.24, 2.45) is 0 Å². The van der Waals surface area contributed by atoms with E-state index in [1.165, 1.54) is 9.71 Å². The molecule has 2 saturated heterocycles. The number of para-hydroxylation sites is 1. The molecule has 2 fully saturated rings. The van der Waals surface area contributed by atoms with E-state index < -0.39 is 0 Å². The maximum atomic E-state index is 12.9. The van der Waals surface area contributed by atoms with Gasteiger partial charge in [-0.05, 0) is 51.5 Å². The van der Waals surface area contributed by atoms with Crippen molar-refractivity contribution in [3.8, 4) is 0 Å². The molecule has 0 N–H and O–H groups in total. The summed E-state index contributed by atoms with van der Waals surface area (Å²) in [6.07, 6.45) is 2.20. The molecule has 4 rings (SSSR count). The predicted octanol–water partition coefficient (Wildman–Crippen LogP) is 3.03. The molecule has 1 atom stereocenters. The molecule has 0 bridgehead atoms. The van der Waals surface area contributed by atoms with Crippen LogP contribution in [0.3, 0.4) is 0 Å². The normalized spacial score (nSPS) is 21.6. The molecule has 2 aliphatic heterocycles. The number of carbonyl (C=O) groups excluding carboxylic acids is 1. The Morgan fingerprint density at radius 1 is 1.15 bits per heavy atom. The smallest absolute Gasteiger partial charge is 0.239 e. The molecule has 0 spiro atoms. The summed E-state index contributed by atoms with van der Waals surface area (Å²) >= 11 is 1.84. The van der Waals surface area contributed by atoms with Crippen LogP contribution in [0.15, 0.2) is 24.3 Å². The third kappa shape index (κ3) is 4.03. The van der Waals surface area contributed by atoms with Gasteiger partial charge in [-0.2, -0.15) is 0 Å². The molecule has 1 aromatic heterocycles. The monoisotopic (exact) mass is 386 g/mol. The van der Waals surface area contributed by atoms with Crippen LogP contribution in [0.1, 0.15) is 37.6 Å². The summed E-state index contributed by atoms with van der Waals surface area (Å²) < 4.78 is 1.28. The number of benzene rings is 1. The fourth-order valence-electron chi connectivity index (χ4n) is 4.30. The van der Waals surface area contributed by atoms with Crippen molar-refractivity contribution in [3.63, 3.8) is 0 Å². The minimum Gasteiger partial charge on any atom is -0.339 e. The summed E-state index contributed by atoms with van der Waals surface area (Å²) in [6, 6.07) is 8.39. The summed E-state index contributed by atoms with van der Waals surface area (Å²) in [4.78, 5) is 24.6. The highest BCUT2D eigenvalue weighted by molar-refractivity contribution is 7.18. The number of piperazine rings is 1. The van der Waals surface area contributed by atoms with Gasteiger partial charge >= 0.3 is 0 Å². The van der Waals surface area contributed by atoms with E-state index in [0.717, 1.165) is 64.2 Å². The number of nitrogens with zero attached hydrogens (tertiary/aromatic N) is 4. The molecule has 1 aromatic carbocycles. The molecule has 146 valence electrons. The second-order valence-corrected chi connectivity index (χ2v) is 8.83. The summed E-state index contributed by atoms with van der Waals surface area (Å²) in [5.41, 5.74) is 1.12. The van der Waals surface area contributed by atoms with Crippen LogP contribution < -0.4 is 0 Å². The first-order chi connectivity index (χ1) is 13.2. The largest absolute Gasteiger partial charge is 0.339 e. The summed E-state index contributed by atoms with van der Waals surface area (Å²) in [6.45, 7) is 11.1. The molecular weight excluding hydrogens is 356 g/mol. The average molecular weight is 387 g/mol. The van der Waals surface area contributed by atoms with Crippen LogP contribution in [0, 0.1) is 0 Å². The van der Waals surface area contributed by atoms with Crippen molar-refractivity contribution in [2.45, 2.75) is 38.6 Å². The van der Waals surface area contributed by atoms with Gasteiger partial charge in [0.25, 0.3) is 0 Å². The zero-order valence-electron chi connectivity index (χ0n) is 16.4. The van der Waals surface area contributed by atoms with E-state index in [9.17, 15) is 4.79 Å². The first-order valence-corrected chi connectivity index (χ1v) is 11.1. The van der Waals surface area contributed by atoms with E-state index in [1.807, 2.05) is 11.3 Å². The van der Waals surface area contributed by atoms with Gasteiger partial charge in [0.1, 0.15) is 0 Å². The topological polar surface area (TPSA) is 39.7 Å². The number of likely N-dealkylation sites (tertiary alicyclic amines) is 1. The second kappa shape index (κ2) is 8.25. The molecule has 0 aliphatic carbocycles. The van der Waals surface area contributed by atoms with Crippen molar-refractivity contribution in [1.82, 2.24) is 19.7 Å². The standard InChI is InChI=1S/C21H30N4OS/c1-3-23-12-14-25(15-13-23)21(26)16(2)24-10-8-17(9-11-24)20-22-18-6-4-5-7-19(18)27-20/h4-7,16-17H,3,8-15H2,1-2H3/t16-/m0/s1. The summed E-state index contributed by atoms with van der Waals surface area (Å²) in [7, 11) is 0. The lowest BCUT2D eigenvalue weighted by Gasteiger charge is -2.39. The van der Waals surface area contributed by atoms with Crippen LogP contribution in [-0.2, 0) is 4.79 Å². The molecule has 2 aromatic rings. The van der Waals surface area contributed by atoms with Crippen LogP contribution in [0.5, 0.6) is 0 Å². The number of fused-ring (bicyclic) bond motifs is 1. The third-order valence-electron chi connectivity index (χ3n) is 6.23. The number of rotatable bonds is 4. The maximum absolute atomic E-state index is 12.9. The lowest BCUT2D eigenvalue weighted by atomic mass is 9.96. The molecule has 0 saturated carbocycles. The van der Waals surface area contributed by atoms with Gasteiger partial charge in [0.05, 0.1) is 21.3 Å². The molecule has 1 amide bonds. The summed E-state index contributed by atoms with van der Waals surface area (Å²) in [5, 5.41) is 1.27. The molecule has 0 radical (unpaired) electrons. The fourth-order valence-corrected chi connectivity index (χ4v) is 5.44. The number of piperidine rings is 1. The zero-order chi connectivity index (χ0) is 18.8. The van der Waals surface area contributed by atoms with Crippen LogP contribution >= 0.6 is 11.3 Å². The Morgan fingerprint density at radius 3 is 2.52 bits per heavy atom. The lowest BCUT2D eigenvalue weighted by molar-refractivity contribution is -0.138. The minimum absolute atomic E-state index is 0.00510. The number of likely N-dealkylation sites (N-methyl/N-ethyl adjacent to an activating group) is 1. The Hall–Kier alpha value is -1.50. The highest BCUT2D eigenvalue weighted by atomic mass is 32.1. The van der Waals surface area contributed by atoms with Gasteiger partial charge in [0, 0.05) is 32.1 Å². The Bertz CT molecular complexity index is 742. The molecule has 3 heterocycles. The maximum Gasteiger partial charge on any atom is 0.239 e. The number of amides is 1. The van der Waals surface area contributed by atoms with Crippen molar-refractivity contribution < 1.29 is 4.79 Å². The quantitative estimate of drug-likeness (QED) is 0.810. The van der Waals surface area contributed by atoms with Gasteiger partial charge < -0.3 is 9.80 Å². The Morgan fingerprint density at radius 2 is 1.85 bits per heavy atom. The SMILES string of the molecule is CCN1CCN(C(=O)[C@H](C)N2CCC(c3nc4ccccc4s3)CC2)CC1. The van der Waals surface area contributed by atoms with E-state index in [0.29, 0.717) is 11.8 Å². The van der Waals surface area contributed by atoms with E-state index in [2.05, 4.69) is 52.8 Å². The lowest BCUT2D eigenvalue weighted by Crippen LogP contribution is -2.55. The molecule has 2 aliphatic rings. The average Bonchev–Trinajstić information content (AvgIpc) is 3.17. The number of hydrogen-bond acceptors (Lipinski definition) is 5. The highest BCUT2D eigenvalue weighted by Crippen LogP contribution is 2.34. The van der Waals surface area contributed by atoms with Crippen molar-refractivity contribution in [3.05, 3.63) is 29.3 Å². The number of thiazole rings is 1. The fraction of sp³-hybridized carbons (Fsp3) is 0.619. The van der Waals surface area contributed by atoms with Gasteiger partial charge in [0.15, 0.2) is 0 Å². The van der Waals surface area contributed by atoms with Crippen LogP contribution in [-0.4, -0.2) is 77.4 Å². The van der Waals surface area contributed by atoms with Crippen LogP contribution in [0.2, 0.25) is 0 Å².